The van der Waals surface area contributed by atoms with Gasteiger partial charge < -0.3 is 9.84 Å². The molecular weight excluding hydrogens is 364 g/mol. The summed E-state index contributed by atoms with van der Waals surface area (Å²) in [6.07, 6.45) is 1.67. The summed E-state index contributed by atoms with van der Waals surface area (Å²) in [6.45, 7) is 3.26. The van der Waals surface area contributed by atoms with Crippen molar-refractivity contribution in [1.29, 1.82) is 0 Å². The van der Waals surface area contributed by atoms with Crippen molar-refractivity contribution < 1.29 is 19.4 Å². The van der Waals surface area contributed by atoms with Crippen LogP contribution in [0.1, 0.15) is 18.1 Å². The number of carbonyl (C=O) groups excluding carboxylic acids is 2. The third kappa shape index (κ3) is 4.38. The predicted molar refractivity (Wildman–Crippen MR) is 106 cm³/mol. The summed E-state index contributed by atoms with van der Waals surface area (Å²) in [5.41, 5.74) is 2.52. The Morgan fingerprint density at radius 1 is 1.22 bits per heavy atom. The van der Waals surface area contributed by atoms with Gasteiger partial charge in [0.1, 0.15) is 0 Å². The fourth-order valence-corrected chi connectivity index (χ4v) is 3.38. The first kappa shape index (κ1) is 18.7. The maximum atomic E-state index is 12.5. The molecular formula is C20H18N2O4S. The lowest BCUT2D eigenvalue weighted by Crippen LogP contribution is -2.23. The molecule has 2 aromatic rings. The van der Waals surface area contributed by atoms with Gasteiger partial charge in [0.15, 0.2) is 16.7 Å². The Morgan fingerprint density at radius 2 is 1.93 bits per heavy atom. The maximum absolute atomic E-state index is 12.5. The standard InChI is InChI=1S/C20H18N2O4S/c1-12-4-7-15(8-5-12)21-20-22(3)19(25)18(27-20)11-14-6-9-17(16(24)10-14)26-13(2)23/h4-11,24H,1-3H3/b18-11-,21-20?. The largest absolute Gasteiger partial charge is 0.504 e. The lowest BCUT2D eigenvalue weighted by molar-refractivity contribution is -0.132. The third-order valence-electron chi connectivity index (χ3n) is 3.80. The molecule has 0 atom stereocenters. The topological polar surface area (TPSA) is 79.2 Å². The first-order valence-electron chi connectivity index (χ1n) is 8.18. The molecule has 0 aliphatic carbocycles. The van der Waals surface area contributed by atoms with E-state index in [1.54, 1.807) is 19.2 Å². The number of esters is 1. The monoisotopic (exact) mass is 382 g/mol. The molecule has 3 rings (SSSR count). The molecule has 0 spiro atoms. The Hall–Kier alpha value is -3.06. The van der Waals surface area contributed by atoms with E-state index in [1.807, 2.05) is 31.2 Å². The minimum absolute atomic E-state index is 0.0776. The van der Waals surface area contributed by atoms with Crippen LogP contribution in [0.4, 0.5) is 5.69 Å². The van der Waals surface area contributed by atoms with E-state index in [9.17, 15) is 14.7 Å². The van der Waals surface area contributed by atoms with Crippen LogP contribution in [-0.2, 0) is 9.59 Å². The molecule has 7 heteroatoms. The van der Waals surface area contributed by atoms with E-state index >= 15 is 0 Å². The molecule has 2 aromatic carbocycles. The second-order valence-electron chi connectivity index (χ2n) is 6.03. The highest BCUT2D eigenvalue weighted by Crippen LogP contribution is 2.34. The number of nitrogens with zero attached hydrogens (tertiary/aromatic N) is 2. The molecule has 0 saturated carbocycles. The number of phenolic OH excluding ortho intramolecular Hbond substituents is 1. The van der Waals surface area contributed by atoms with Crippen LogP contribution in [0.15, 0.2) is 52.4 Å². The quantitative estimate of drug-likeness (QED) is 0.495. The number of aromatic hydroxyl groups is 1. The van der Waals surface area contributed by atoms with E-state index in [0.29, 0.717) is 15.6 Å². The first-order chi connectivity index (χ1) is 12.8. The molecule has 0 unspecified atom stereocenters. The number of benzene rings is 2. The van der Waals surface area contributed by atoms with Crippen LogP contribution in [0, 0.1) is 6.92 Å². The molecule has 1 amide bonds. The number of carbonyl (C=O) groups is 2. The van der Waals surface area contributed by atoms with Crippen molar-refractivity contribution >= 4 is 40.6 Å². The number of amidine groups is 1. The fraction of sp³-hybridized carbons (Fsp3) is 0.150. The number of ether oxygens (including phenoxy) is 1. The second-order valence-corrected chi connectivity index (χ2v) is 7.03. The van der Waals surface area contributed by atoms with Gasteiger partial charge in [-0.15, -0.1) is 0 Å². The molecule has 1 fully saturated rings. The predicted octanol–water partition coefficient (Wildman–Crippen LogP) is 3.86. The van der Waals surface area contributed by atoms with Crippen molar-refractivity contribution in [2.75, 3.05) is 7.05 Å². The number of hydrogen-bond donors (Lipinski definition) is 1. The summed E-state index contributed by atoms with van der Waals surface area (Å²) in [6, 6.07) is 12.3. The van der Waals surface area contributed by atoms with Gasteiger partial charge in [0.25, 0.3) is 5.91 Å². The van der Waals surface area contributed by atoms with Crippen molar-refractivity contribution in [2.24, 2.45) is 4.99 Å². The van der Waals surface area contributed by atoms with Crippen molar-refractivity contribution in [1.82, 2.24) is 4.90 Å². The van der Waals surface area contributed by atoms with Gasteiger partial charge >= 0.3 is 5.97 Å². The average Bonchev–Trinajstić information content (AvgIpc) is 2.87. The van der Waals surface area contributed by atoms with Gasteiger partial charge in [0, 0.05) is 14.0 Å². The Kier molecular flexibility index (Phi) is 5.32. The molecule has 0 bridgehead atoms. The van der Waals surface area contributed by atoms with E-state index in [0.717, 1.165) is 11.3 Å². The van der Waals surface area contributed by atoms with Crippen LogP contribution in [-0.4, -0.2) is 34.1 Å². The van der Waals surface area contributed by atoms with E-state index in [1.165, 1.54) is 35.7 Å². The van der Waals surface area contributed by atoms with Crippen LogP contribution >= 0.6 is 11.8 Å². The zero-order valence-corrected chi connectivity index (χ0v) is 15.9. The summed E-state index contributed by atoms with van der Waals surface area (Å²) in [5, 5.41) is 10.5. The van der Waals surface area contributed by atoms with Crippen LogP contribution in [0.25, 0.3) is 6.08 Å². The molecule has 1 aliphatic heterocycles. The Morgan fingerprint density at radius 3 is 2.56 bits per heavy atom. The number of aliphatic imine (C=N–C) groups is 1. The van der Waals surface area contributed by atoms with E-state index in [4.69, 9.17) is 4.74 Å². The zero-order valence-electron chi connectivity index (χ0n) is 15.1. The number of aryl methyl sites for hydroxylation is 1. The fourth-order valence-electron chi connectivity index (χ4n) is 2.40. The van der Waals surface area contributed by atoms with Crippen LogP contribution in [0.5, 0.6) is 11.5 Å². The van der Waals surface area contributed by atoms with Gasteiger partial charge in [-0.25, -0.2) is 4.99 Å². The second kappa shape index (κ2) is 7.67. The number of rotatable bonds is 3. The van der Waals surface area contributed by atoms with Gasteiger partial charge in [0.05, 0.1) is 10.6 Å². The summed E-state index contributed by atoms with van der Waals surface area (Å²) in [4.78, 5) is 30.0. The summed E-state index contributed by atoms with van der Waals surface area (Å²) in [5.74, 6) is -0.781. The molecule has 1 saturated heterocycles. The minimum atomic E-state index is -0.517. The number of phenols is 1. The normalized spacial score (nSPS) is 17.0. The zero-order chi connectivity index (χ0) is 19.6. The van der Waals surface area contributed by atoms with Crippen molar-refractivity contribution in [3.63, 3.8) is 0 Å². The molecule has 1 aliphatic rings. The summed E-state index contributed by atoms with van der Waals surface area (Å²) in [7, 11) is 1.67. The Bertz CT molecular complexity index is 964. The molecule has 0 aromatic heterocycles. The lowest BCUT2D eigenvalue weighted by atomic mass is 10.2. The van der Waals surface area contributed by atoms with Crippen molar-refractivity contribution in [2.45, 2.75) is 13.8 Å². The Labute approximate surface area is 161 Å². The lowest BCUT2D eigenvalue weighted by Gasteiger charge is -2.07. The summed E-state index contributed by atoms with van der Waals surface area (Å²) < 4.78 is 4.89. The summed E-state index contributed by atoms with van der Waals surface area (Å²) >= 11 is 1.26. The maximum Gasteiger partial charge on any atom is 0.308 e. The van der Waals surface area contributed by atoms with Gasteiger partial charge in [-0.2, -0.15) is 0 Å². The third-order valence-corrected chi connectivity index (χ3v) is 4.86. The molecule has 6 nitrogen and oxygen atoms in total. The van der Waals surface area contributed by atoms with Gasteiger partial charge in [0.2, 0.25) is 0 Å². The van der Waals surface area contributed by atoms with Crippen LogP contribution in [0.3, 0.4) is 0 Å². The van der Waals surface area contributed by atoms with Gasteiger partial charge in [-0.05, 0) is 54.6 Å². The SMILES string of the molecule is CC(=O)Oc1ccc(/C=C2\SC(=Nc3ccc(C)cc3)N(C)C2=O)cc1O. The van der Waals surface area contributed by atoms with E-state index in [-0.39, 0.29) is 17.4 Å². The van der Waals surface area contributed by atoms with Crippen LogP contribution < -0.4 is 4.74 Å². The van der Waals surface area contributed by atoms with Crippen molar-refractivity contribution in [3.05, 3.63) is 58.5 Å². The van der Waals surface area contributed by atoms with Crippen LogP contribution in [0.2, 0.25) is 0 Å². The Balaban J connectivity index is 1.85. The first-order valence-corrected chi connectivity index (χ1v) is 8.99. The van der Waals surface area contributed by atoms with Gasteiger partial charge in [-0.3, -0.25) is 14.5 Å². The van der Waals surface area contributed by atoms with Gasteiger partial charge in [-0.1, -0.05) is 23.8 Å². The molecule has 27 heavy (non-hydrogen) atoms. The van der Waals surface area contributed by atoms with E-state index < -0.39 is 5.97 Å². The number of hydrogen-bond acceptors (Lipinski definition) is 6. The number of likely N-dealkylation sites (N-methyl/N-ethyl adjacent to an activating group) is 1. The minimum Gasteiger partial charge on any atom is -0.504 e. The highest BCUT2D eigenvalue weighted by molar-refractivity contribution is 8.18. The molecule has 1 N–H and O–H groups in total. The van der Waals surface area contributed by atoms with Crippen molar-refractivity contribution in [3.8, 4) is 11.5 Å². The molecule has 0 radical (unpaired) electrons. The highest BCUT2D eigenvalue weighted by Gasteiger charge is 2.30. The molecule has 138 valence electrons. The highest BCUT2D eigenvalue weighted by atomic mass is 32.2. The number of amides is 1. The smallest absolute Gasteiger partial charge is 0.308 e. The van der Waals surface area contributed by atoms with E-state index in [2.05, 4.69) is 4.99 Å². The number of thioether (sulfide) groups is 1. The average molecular weight is 382 g/mol. The molecule has 1 heterocycles.